The molecule has 0 atom stereocenters. The summed E-state index contributed by atoms with van der Waals surface area (Å²) in [5, 5.41) is 7.01. The summed E-state index contributed by atoms with van der Waals surface area (Å²) < 4.78 is 7.11. The lowest BCUT2D eigenvalue weighted by Gasteiger charge is -2.31. The van der Waals surface area contributed by atoms with Gasteiger partial charge in [0.2, 0.25) is 0 Å². The van der Waals surface area contributed by atoms with E-state index in [2.05, 4.69) is 214 Å². The Morgan fingerprint density at radius 2 is 0.833 bits per heavy atom. The van der Waals surface area contributed by atoms with Crippen LogP contribution in [-0.4, -0.2) is 0 Å². The molecule has 0 unspecified atom stereocenters. The molecule has 54 heavy (non-hydrogen) atoms. The first-order valence-corrected chi connectivity index (χ1v) is 18.9. The molecule has 0 saturated heterocycles. The molecule has 0 aliphatic heterocycles. The Labute approximate surface area is 322 Å². The second kappa shape index (κ2) is 13.4. The largest absolute Gasteiger partial charge is 0.456 e. The smallest absolute Gasteiger partial charge is 0.135 e. The molecule has 0 spiro atoms. The van der Waals surface area contributed by atoms with Gasteiger partial charge < -0.3 is 14.2 Å². The van der Waals surface area contributed by atoms with Gasteiger partial charge in [-0.05, 0) is 94.7 Å². The molecular weight excluding hydrogens is 724 g/mol. The Morgan fingerprint density at radius 3 is 1.48 bits per heavy atom. The van der Waals surface area contributed by atoms with Crippen molar-refractivity contribution in [3.05, 3.63) is 205 Å². The maximum atomic E-state index is 6.13. The molecule has 256 valence electrons. The minimum atomic E-state index is 0.900. The number of nitrogens with zero attached hydrogens (tertiary/aromatic N) is 2. The molecule has 1 aromatic heterocycles. The third kappa shape index (κ3) is 5.69. The van der Waals surface area contributed by atoms with E-state index in [0.29, 0.717) is 0 Å². The summed E-state index contributed by atoms with van der Waals surface area (Å²) in [6, 6.07) is 71.2. The van der Waals surface area contributed by atoms with E-state index in [4.69, 9.17) is 4.42 Å². The van der Waals surface area contributed by atoms with Gasteiger partial charge in [0.1, 0.15) is 11.2 Å². The highest BCUT2D eigenvalue weighted by Crippen LogP contribution is 2.45. The van der Waals surface area contributed by atoms with Crippen LogP contribution in [0.4, 0.5) is 34.1 Å². The Balaban J connectivity index is 1.14. The Hall–Kier alpha value is -6.62. The van der Waals surface area contributed by atoms with Crippen LogP contribution in [-0.2, 0) is 0 Å². The number of hydrogen-bond acceptors (Lipinski definition) is 3. The molecule has 0 N–H and O–H groups in total. The summed E-state index contributed by atoms with van der Waals surface area (Å²) in [4.78, 5) is 4.73. The van der Waals surface area contributed by atoms with Gasteiger partial charge >= 0.3 is 0 Å². The van der Waals surface area contributed by atoms with Crippen LogP contribution in [0.5, 0.6) is 0 Å². The van der Waals surface area contributed by atoms with Gasteiger partial charge in [-0.15, -0.1) is 0 Å². The molecule has 9 aromatic carbocycles. The van der Waals surface area contributed by atoms with Gasteiger partial charge in [-0.25, -0.2) is 0 Å². The zero-order valence-corrected chi connectivity index (χ0v) is 30.8. The van der Waals surface area contributed by atoms with Crippen molar-refractivity contribution < 1.29 is 4.42 Å². The van der Waals surface area contributed by atoms with E-state index < -0.39 is 0 Å². The topological polar surface area (TPSA) is 19.6 Å². The van der Waals surface area contributed by atoms with Gasteiger partial charge in [-0.2, -0.15) is 0 Å². The fourth-order valence-electron chi connectivity index (χ4n) is 7.76. The van der Waals surface area contributed by atoms with E-state index in [1.807, 2.05) is 12.1 Å². The highest BCUT2D eigenvalue weighted by molar-refractivity contribution is 9.10. The van der Waals surface area contributed by atoms with Crippen molar-refractivity contribution >= 4 is 93.5 Å². The minimum Gasteiger partial charge on any atom is -0.456 e. The van der Waals surface area contributed by atoms with Crippen LogP contribution in [0.15, 0.2) is 209 Å². The first-order chi connectivity index (χ1) is 26.7. The van der Waals surface area contributed by atoms with Crippen molar-refractivity contribution in [2.45, 2.75) is 0 Å². The fraction of sp³-hybridized carbons (Fsp3) is 0. The highest BCUT2D eigenvalue weighted by Gasteiger charge is 2.21. The average Bonchev–Trinajstić information content (AvgIpc) is 3.60. The minimum absolute atomic E-state index is 0.900. The number of furan rings is 1. The number of halogens is 1. The van der Waals surface area contributed by atoms with Gasteiger partial charge in [-0.3, -0.25) is 0 Å². The lowest BCUT2D eigenvalue weighted by Crippen LogP contribution is -2.14. The lowest BCUT2D eigenvalue weighted by atomic mass is 10.0. The number of para-hydroxylation sites is 2. The SMILES string of the molecule is Brc1cc(N(c2ccccc2)c2cccc3ccccc23)cc(N(c2ccc(-c3ccc4oc5ccccc5c4c3)cc2)c2cccc3ccccc23)c1. The summed E-state index contributed by atoms with van der Waals surface area (Å²) in [7, 11) is 0. The van der Waals surface area contributed by atoms with Crippen molar-refractivity contribution in [3.63, 3.8) is 0 Å². The molecular formula is C50H33BrN2O. The molecule has 0 fully saturated rings. The van der Waals surface area contributed by atoms with Crippen LogP contribution in [0.25, 0.3) is 54.6 Å². The fourth-order valence-corrected chi connectivity index (χ4v) is 8.23. The third-order valence-corrected chi connectivity index (χ3v) is 10.7. The Morgan fingerprint density at radius 1 is 0.333 bits per heavy atom. The van der Waals surface area contributed by atoms with E-state index in [1.54, 1.807) is 0 Å². The van der Waals surface area contributed by atoms with Crippen LogP contribution >= 0.6 is 15.9 Å². The van der Waals surface area contributed by atoms with Crippen LogP contribution < -0.4 is 9.80 Å². The maximum absolute atomic E-state index is 6.13. The molecule has 0 aliphatic rings. The molecule has 0 saturated carbocycles. The zero-order chi connectivity index (χ0) is 36.0. The van der Waals surface area contributed by atoms with Crippen molar-refractivity contribution in [1.29, 1.82) is 0 Å². The van der Waals surface area contributed by atoms with Gasteiger partial charge in [-0.1, -0.05) is 143 Å². The van der Waals surface area contributed by atoms with E-state index in [0.717, 1.165) is 71.7 Å². The molecule has 0 radical (unpaired) electrons. The molecule has 4 heteroatoms. The van der Waals surface area contributed by atoms with Crippen molar-refractivity contribution in [3.8, 4) is 11.1 Å². The lowest BCUT2D eigenvalue weighted by molar-refractivity contribution is 0.669. The van der Waals surface area contributed by atoms with Crippen molar-refractivity contribution in [2.24, 2.45) is 0 Å². The predicted molar refractivity (Wildman–Crippen MR) is 231 cm³/mol. The van der Waals surface area contributed by atoms with E-state index in [1.165, 1.54) is 21.5 Å². The van der Waals surface area contributed by atoms with E-state index >= 15 is 0 Å². The number of fused-ring (bicyclic) bond motifs is 5. The van der Waals surface area contributed by atoms with Crippen LogP contribution in [0, 0.1) is 0 Å². The summed E-state index contributed by atoms with van der Waals surface area (Å²) in [6.45, 7) is 0. The Bertz CT molecular complexity index is 2960. The van der Waals surface area contributed by atoms with Crippen molar-refractivity contribution in [2.75, 3.05) is 9.80 Å². The number of hydrogen-bond donors (Lipinski definition) is 0. The van der Waals surface area contributed by atoms with Crippen molar-refractivity contribution in [1.82, 2.24) is 0 Å². The summed E-state index contributed by atoms with van der Waals surface area (Å²) in [6.07, 6.45) is 0. The molecule has 10 aromatic rings. The van der Waals surface area contributed by atoms with Gasteiger partial charge in [0.25, 0.3) is 0 Å². The molecule has 0 aliphatic carbocycles. The standard InChI is InChI=1S/C50H33BrN2O/c51-38-31-41(52(39-16-2-1-3-17-39)47-21-10-14-35-12-4-6-18-43(35)47)33-42(32-38)53(48-22-11-15-36-13-5-7-19-44(36)48)40-27-24-34(25-28-40)37-26-29-50-46(30-37)45-20-8-9-23-49(45)54-50/h1-33H. The normalized spacial score (nSPS) is 11.4. The quantitative estimate of drug-likeness (QED) is 0.161. The summed E-state index contributed by atoms with van der Waals surface area (Å²) in [5.74, 6) is 0. The van der Waals surface area contributed by atoms with Crippen LogP contribution in [0.1, 0.15) is 0 Å². The molecule has 10 rings (SSSR count). The van der Waals surface area contributed by atoms with Gasteiger partial charge in [0.15, 0.2) is 0 Å². The average molecular weight is 758 g/mol. The first kappa shape index (κ1) is 32.1. The Kier molecular flexibility index (Phi) is 7.97. The third-order valence-electron chi connectivity index (χ3n) is 10.2. The van der Waals surface area contributed by atoms with Crippen LogP contribution in [0.2, 0.25) is 0 Å². The zero-order valence-electron chi connectivity index (χ0n) is 29.2. The summed E-state index contributed by atoms with van der Waals surface area (Å²) >= 11 is 3.95. The highest BCUT2D eigenvalue weighted by atomic mass is 79.9. The first-order valence-electron chi connectivity index (χ1n) is 18.1. The molecule has 0 bridgehead atoms. The molecule has 0 amide bonds. The van der Waals surface area contributed by atoms with E-state index in [9.17, 15) is 0 Å². The molecule has 1 heterocycles. The second-order valence-corrected chi connectivity index (χ2v) is 14.4. The van der Waals surface area contributed by atoms with Gasteiger partial charge in [0.05, 0.1) is 11.4 Å². The van der Waals surface area contributed by atoms with E-state index in [-0.39, 0.29) is 0 Å². The summed E-state index contributed by atoms with van der Waals surface area (Å²) in [5.41, 5.74) is 10.6. The monoisotopic (exact) mass is 756 g/mol. The number of rotatable bonds is 7. The van der Waals surface area contributed by atoms with Gasteiger partial charge in [0, 0.05) is 48.8 Å². The molecule has 3 nitrogen and oxygen atoms in total. The van der Waals surface area contributed by atoms with Crippen LogP contribution in [0.3, 0.4) is 0 Å². The predicted octanol–water partition coefficient (Wildman–Crippen LogP) is 15.3. The number of anilines is 6. The number of benzene rings is 9. The second-order valence-electron chi connectivity index (χ2n) is 13.5. The maximum Gasteiger partial charge on any atom is 0.135 e.